The molecule has 142 valence electrons. The van der Waals surface area contributed by atoms with Gasteiger partial charge in [0.1, 0.15) is 0 Å². The Balaban J connectivity index is 1.36. The first-order valence-electron chi connectivity index (χ1n) is 9.04. The van der Waals surface area contributed by atoms with Gasteiger partial charge in [0, 0.05) is 75.0 Å². The zero-order chi connectivity index (χ0) is 19.1. The predicted octanol–water partition coefficient (Wildman–Crippen LogP) is 2.53. The zero-order valence-electron chi connectivity index (χ0n) is 15.1. The molecule has 1 aliphatic heterocycles. The average molecular weight is 369 g/mol. The van der Waals surface area contributed by atoms with Crippen molar-refractivity contribution in [2.24, 2.45) is 0 Å². The predicted molar refractivity (Wildman–Crippen MR) is 104 cm³/mol. The molecular weight excluding hydrogens is 346 g/mol. The number of pyridine rings is 1. The van der Waals surface area contributed by atoms with E-state index < -0.39 is 4.92 Å². The van der Waals surface area contributed by atoms with Crippen LogP contribution in [0.3, 0.4) is 0 Å². The highest BCUT2D eigenvalue weighted by atomic mass is 16.6. The first-order valence-corrected chi connectivity index (χ1v) is 9.04. The standard InChI is InChI=1S/C19H23N5O3/c25-19(2-1-9-21-16-3-5-18(6-4-16)24(26)27)23-14-12-22(13-15-23)17-7-10-20-11-8-17/h3-8,10-11,21H,1-2,9,12-15H2. The van der Waals surface area contributed by atoms with E-state index in [0.717, 1.165) is 44.0 Å². The molecule has 0 unspecified atom stereocenters. The van der Waals surface area contributed by atoms with Crippen LogP contribution in [0.4, 0.5) is 17.1 Å². The molecule has 0 atom stereocenters. The highest BCUT2D eigenvalue weighted by molar-refractivity contribution is 5.76. The van der Waals surface area contributed by atoms with Crippen LogP contribution in [-0.2, 0) is 4.79 Å². The van der Waals surface area contributed by atoms with E-state index in [1.807, 2.05) is 17.0 Å². The van der Waals surface area contributed by atoms with E-state index >= 15 is 0 Å². The Morgan fingerprint density at radius 3 is 2.37 bits per heavy atom. The molecule has 0 bridgehead atoms. The Morgan fingerprint density at radius 2 is 1.74 bits per heavy atom. The van der Waals surface area contributed by atoms with Crippen molar-refractivity contribution in [3.05, 3.63) is 58.9 Å². The molecule has 8 nitrogen and oxygen atoms in total. The molecule has 0 saturated carbocycles. The van der Waals surface area contributed by atoms with Gasteiger partial charge in [0.25, 0.3) is 5.69 Å². The van der Waals surface area contributed by atoms with E-state index in [1.165, 1.54) is 12.1 Å². The first-order chi connectivity index (χ1) is 13.1. The van der Waals surface area contributed by atoms with Gasteiger partial charge in [0.2, 0.25) is 5.91 Å². The zero-order valence-corrected chi connectivity index (χ0v) is 15.1. The van der Waals surface area contributed by atoms with Gasteiger partial charge in [-0.1, -0.05) is 0 Å². The van der Waals surface area contributed by atoms with Crippen molar-refractivity contribution in [2.45, 2.75) is 12.8 Å². The van der Waals surface area contributed by atoms with E-state index in [1.54, 1.807) is 24.5 Å². The maximum atomic E-state index is 12.4. The largest absolute Gasteiger partial charge is 0.385 e. The van der Waals surface area contributed by atoms with E-state index in [4.69, 9.17) is 0 Å². The summed E-state index contributed by atoms with van der Waals surface area (Å²) < 4.78 is 0. The molecule has 1 aliphatic rings. The summed E-state index contributed by atoms with van der Waals surface area (Å²) in [5.74, 6) is 0.176. The van der Waals surface area contributed by atoms with Crippen LogP contribution in [0.25, 0.3) is 0 Å². The number of non-ortho nitro benzene ring substituents is 1. The molecule has 0 spiro atoms. The number of anilines is 2. The van der Waals surface area contributed by atoms with Crippen molar-refractivity contribution < 1.29 is 9.72 Å². The molecule has 1 saturated heterocycles. The van der Waals surface area contributed by atoms with Crippen LogP contribution in [0.5, 0.6) is 0 Å². The summed E-state index contributed by atoms with van der Waals surface area (Å²) in [6.07, 6.45) is 4.78. The molecule has 2 heterocycles. The number of nitro benzene ring substituents is 1. The quantitative estimate of drug-likeness (QED) is 0.458. The van der Waals surface area contributed by atoms with Crippen LogP contribution < -0.4 is 10.2 Å². The Labute approximate surface area is 158 Å². The molecule has 1 amide bonds. The third kappa shape index (κ3) is 5.16. The van der Waals surface area contributed by atoms with Crippen molar-refractivity contribution in [1.29, 1.82) is 0 Å². The maximum Gasteiger partial charge on any atom is 0.269 e. The lowest BCUT2D eigenvalue weighted by Gasteiger charge is -2.36. The van der Waals surface area contributed by atoms with Crippen molar-refractivity contribution in [3.63, 3.8) is 0 Å². The first kappa shape index (κ1) is 18.6. The number of nitrogens with zero attached hydrogens (tertiary/aromatic N) is 4. The molecule has 27 heavy (non-hydrogen) atoms. The SMILES string of the molecule is O=C(CCCNc1ccc([N+](=O)[O-])cc1)N1CCN(c2ccncc2)CC1. The smallest absolute Gasteiger partial charge is 0.269 e. The minimum atomic E-state index is -0.420. The highest BCUT2D eigenvalue weighted by Gasteiger charge is 2.20. The number of benzene rings is 1. The Hall–Kier alpha value is -3.16. The molecule has 1 fully saturated rings. The fraction of sp³-hybridized carbons (Fsp3) is 0.368. The van der Waals surface area contributed by atoms with E-state index in [9.17, 15) is 14.9 Å². The van der Waals surface area contributed by atoms with Gasteiger partial charge in [-0.05, 0) is 30.7 Å². The lowest BCUT2D eigenvalue weighted by Crippen LogP contribution is -2.48. The van der Waals surface area contributed by atoms with Crippen molar-refractivity contribution >= 4 is 23.0 Å². The van der Waals surface area contributed by atoms with Crippen LogP contribution in [0.15, 0.2) is 48.8 Å². The fourth-order valence-corrected chi connectivity index (χ4v) is 3.10. The number of amides is 1. The maximum absolute atomic E-state index is 12.4. The fourth-order valence-electron chi connectivity index (χ4n) is 3.10. The van der Waals surface area contributed by atoms with Gasteiger partial charge in [0.05, 0.1) is 4.92 Å². The molecule has 3 rings (SSSR count). The lowest BCUT2D eigenvalue weighted by atomic mass is 10.2. The van der Waals surface area contributed by atoms with E-state index in [0.29, 0.717) is 13.0 Å². The van der Waals surface area contributed by atoms with Gasteiger partial charge >= 0.3 is 0 Å². The third-order valence-electron chi connectivity index (χ3n) is 4.63. The summed E-state index contributed by atoms with van der Waals surface area (Å²) in [7, 11) is 0. The molecule has 0 aliphatic carbocycles. The second-order valence-corrected chi connectivity index (χ2v) is 6.41. The van der Waals surface area contributed by atoms with Crippen molar-refractivity contribution in [3.8, 4) is 0 Å². The highest BCUT2D eigenvalue weighted by Crippen LogP contribution is 2.17. The third-order valence-corrected chi connectivity index (χ3v) is 4.63. The number of carbonyl (C=O) groups is 1. The minimum absolute atomic E-state index is 0.0710. The Morgan fingerprint density at radius 1 is 1.07 bits per heavy atom. The van der Waals surface area contributed by atoms with Gasteiger partial charge in [-0.25, -0.2) is 0 Å². The second-order valence-electron chi connectivity index (χ2n) is 6.41. The molecule has 8 heteroatoms. The molecule has 1 aromatic heterocycles. The van der Waals surface area contributed by atoms with Gasteiger partial charge < -0.3 is 15.1 Å². The second kappa shape index (κ2) is 8.98. The summed E-state index contributed by atoms with van der Waals surface area (Å²) in [5, 5.41) is 13.8. The van der Waals surface area contributed by atoms with E-state index in [2.05, 4.69) is 15.2 Å². The number of hydrogen-bond acceptors (Lipinski definition) is 6. The molecule has 1 aromatic carbocycles. The summed E-state index contributed by atoms with van der Waals surface area (Å²) >= 11 is 0. The molecule has 1 N–H and O–H groups in total. The topological polar surface area (TPSA) is 91.6 Å². The average Bonchev–Trinajstić information content (AvgIpc) is 2.72. The van der Waals surface area contributed by atoms with Gasteiger partial charge in [-0.15, -0.1) is 0 Å². The van der Waals surface area contributed by atoms with Crippen molar-refractivity contribution in [2.75, 3.05) is 42.9 Å². The molecular formula is C19H23N5O3. The summed E-state index contributed by atoms with van der Waals surface area (Å²) in [5.41, 5.74) is 2.03. The Bertz CT molecular complexity index is 759. The molecule has 2 aromatic rings. The van der Waals surface area contributed by atoms with Crippen LogP contribution in [0.2, 0.25) is 0 Å². The number of aromatic nitrogens is 1. The number of carbonyl (C=O) groups excluding carboxylic acids is 1. The van der Waals surface area contributed by atoms with Crippen molar-refractivity contribution in [1.82, 2.24) is 9.88 Å². The van der Waals surface area contributed by atoms with Crippen LogP contribution >= 0.6 is 0 Å². The number of nitro groups is 1. The van der Waals surface area contributed by atoms with Crippen LogP contribution in [0.1, 0.15) is 12.8 Å². The summed E-state index contributed by atoms with van der Waals surface area (Å²) in [6.45, 7) is 3.78. The van der Waals surface area contributed by atoms with Gasteiger partial charge in [-0.3, -0.25) is 19.9 Å². The van der Waals surface area contributed by atoms with Gasteiger partial charge in [0.15, 0.2) is 0 Å². The normalized spacial score (nSPS) is 14.1. The van der Waals surface area contributed by atoms with Crippen LogP contribution in [-0.4, -0.2) is 53.4 Å². The Kier molecular flexibility index (Phi) is 6.19. The summed E-state index contributed by atoms with van der Waals surface area (Å²) in [6, 6.07) is 10.3. The monoisotopic (exact) mass is 369 g/mol. The number of nitrogens with one attached hydrogen (secondary N) is 1. The number of piperazine rings is 1. The van der Waals surface area contributed by atoms with E-state index in [-0.39, 0.29) is 11.6 Å². The minimum Gasteiger partial charge on any atom is -0.385 e. The van der Waals surface area contributed by atoms with Gasteiger partial charge in [-0.2, -0.15) is 0 Å². The molecule has 0 radical (unpaired) electrons. The van der Waals surface area contributed by atoms with Crippen LogP contribution in [0, 0.1) is 10.1 Å². The number of rotatable bonds is 7. The summed E-state index contributed by atoms with van der Waals surface area (Å²) in [4.78, 5) is 30.8. The number of hydrogen-bond donors (Lipinski definition) is 1. The lowest BCUT2D eigenvalue weighted by molar-refractivity contribution is -0.384.